The first kappa shape index (κ1) is 21.7. The highest BCUT2D eigenvalue weighted by Crippen LogP contribution is 2.40. The lowest BCUT2D eigenvalue weighted by molar-refractivity contribution is 0.0600. The van der Waals surface area contributed by atoms with Crippen LogP contribution in [0.3, 0.4) is 0 Å². The number of amides is 1. The monoisotopic (exact) mass is 451 g/mol. The number of aryl methyl sites for hydroxylation is 1. The van der Waals surface area contributed by atoms with Crippen LogP contribution >= 0.6 is 34.9 Å². The van der Waals surface area contributed by atoms with Crippen molar-refractivity contribution in [2.24, 2.45) is 5.92 Å². The molecule has 9 heteroatoms. The van der Waals surface area contributed by atoms with E-state index >= 15 is 0 Å². The van der Waals surface area contributed by atoms with Gasteiger partial charge in [0.25, 0.3) is 5.91 Å². The minimum Gasteiger partial charge on any atom is -0.465 e. The normalized spacial score (nSPS) is 15.4. The Labute approximate surface area is 184 Å². The van der Waals surface area contributed by atoms with E-state index in [2.05, 4.69) is 23.1 Å². The van der Waals surface area contributed by atoms with Gasteiger partial charge in [-0.05, 0) is 61.9 Å². The Morgan fingerprint density at radius 3 is 2.79 bits per heavy atom. The Morgan fingerprint density at radius 2 is 2.10 bits per heavy atom. The molecule has 3 N–H and O–H groups in total. The molecule has 156 valence electrons. The van der Waals surface area contributed by atoms with Crippen LogP contribution in [0.15, 0.2) is 5.38 Å². The molecule has 2 aromatic heterocycles. The molecule has 3 rings (SSSR count). The van der Waals surface area contributed by atoms with Crippen LogP contribution in [0.25, 0.3) is 0 Å². The fourth-order valence-electron chi connectivity index (χ4n) is 3.58. The molecule has 0 spiro atoms. The van der Waals surface area contributed by atoms with E-state index in [4.69, 9.17) is 17.0 Å². The highest BCUT2D eigenvalue weighted by Gasteiger charge is 2.28. The van der Waals surface area contributed by atoms with Gasteiger partial charge in [0.1, 0.15) is 5.00 Å². The number of nitrogens with one attached hydrogen (secondary N) is 3. The number of thiophene rings is 2. The average Bonchev–Trinajstić information content (AvgIpc) is 3.24. The molecule has 0 fully saturated rings. The van der Waals surface area contributed by atoms with Crippen LogP contribution < -0.4 is 16.2 Å². The topological polar surface area (TPSA) is 79.5 Å². The van der Waals surface area contributed by atoms with Gasteiger partial charge in [-0.25, -0.2) is 4.79 Å². The van der Waals surface area contributed by atoms with E-state index in [1.54, 1.807) is 11.3 Å². The first-order valence-corrected chi connectivity index (χ1v) is 11.6. The molecule has 0 saturated carbocycles. The second kappa shape index (κ2) is 9.23. The molecule has 29 heavy (non-hydrogen) atoms. The van der Waals surface area contributed by atoms with Gasteiger partial charge in [-0.1, -0.05) is 13.8 Å². The Bertz CT molecular complexity index is 948. The molecule has 1 amide bonds. The van der Waals surface area contributed by atoms with Crippen molar-refractivity contribution in [1.82, 2.24) is 10.9 Å². The molecule has 2 heterocycles. The molecule has 1 atom stereocenters. The number of carbonyl (C=O) groups is 2. The number of hydrazine groups is 1. The highest BCUT2D eigenvalue weighted by molar-refractivity contribution is 7.80. The third kappa shape index (κ3) is 4.62. The van der Waals surface area contributed by atoms with Crippen molar-refractivity contribution in [3.63, 3.8) is 0 Å². The number of esters is 1. The summed E-state index contributed by atoms with van der Waals surface area (Å²) in [6.07, 6.45) is 3.64. The van der Waals surface area contributed by atoms with Crippen LogP contribution in [-0.4, -0.2) is 24.1 Å². The largest absolute Gasteiger partial charge is 0.465 e. The van der Waals surface area contributed by atoms with Gasteiger partial charge in [-0.3, -0.25) is 15.6 Å². The van der Waals surface area contributed by atoms with Crippen molar-refractivity contribution in [3.8, 4) is 0 Å². The van der Waals surface area contributed by atoms with Gasteiger partial charge in [0.05, 0.1) is 18.2 Å². The van der Waals surface area contributed by atoms with Gasteiger partial charge in [-0.15, -0.1) is 22.7 Å². The fourth-order valence-corrected chi connectivity index (χ4v) is 6.14. The molecule has 1 aliphatic rings. The second-order valence-electron chi connectivity index (χ2n) is 7.12. The standard InChI is InChI=1S/C20H25N3O3S3/c1-5-12-11(3)28-9-14(12)17(24)22-23-20(27)21-18-16(19(25)26-4)13-7-6-10(2)8-15(13)29-18/h9-10H,5-8H2,1-4H3,(H,22,24)(H2,21,23,27)/t10-/m0/s1. The number of carbonyl (C=O) groups excluding carboxylic acids is 2. The lowest BCUT2D eigenvalue weighted by Gasteiger charge is -2.18. The highest BCUT2D eigenvalue weighted by atomic mass is 32.1. The van der Waals surface area contributed by atoms with Gasteiger partial charge in [0, 0.05) is 15.1 Å². The molecule has 0 bridgehead atoms. The van der Waals surface area contributed by atoms with E-state index in [0.717, 1.165) is 41.7 Å². The maximum absolute atomic E-state index is 12.5. The Hall–Kier alpha value is -1.97. The lowest BCUT2D eigenvalue weighted by atomic mass is 9.88. The summed E-state index contributed by atoms with van der Waals surface area (Å²) in [5, 5.41) is 5.80. The number of hydrogen-bond acceptors (Lipinski definition) is 6. The molecule has 6 nitrogen and oxygen atoms in total. The number of rotatable bonds is 4. The van der Waals surface area contributed by atoms with E-state index in [0.29, 0.717) is 22.0 Å². The Kier molecular flexibility index (Phi) is 6.92. The third-order valence-electron chi connectivity index (χ3n) is 5.12. The number of anilines is 1. The molecule has 0 radical (unpaired) electrons. The summed E-state index contributed by atoms with van der Waals surface area (Å²) in [6.45, 7) is 6.25. The van der Waals surface area contributed by atoms with Crippen LogP contribution in [0.1, 0.15) is 61.9 Å². The van der Waals surface area contributed by atoms with Gasteiger partial charge in [0.2, 0.25) is 0 Å². The molecular weight excluding hydrogens is 426 g/mol. The van der Waals surface area contributed by atoms with Crippen LogP contribution in [0, 0.1) is 12.8 Å². The molecular formula is C20H25N3O3S3. The zero-order chi connectivity index (χ0) is 21.1. The fraction of sp³-hybridized carbons (Fsp3) is 0.450. The van der Waals surface area contributed by atoms with Gasteiger partial charge in [0.15, 0.2) is 5.11 Å². The summed E-state index contributed by atoms with van der Waals surface area (Å²) in [7, 11) is 1.38. The van der Waals surface area contributed by atoms with Crippen molar-refractivity contribution in [2.75, 3.05) is 12.4 Å². The smallest absolute Gasteiger partial charge is 0.341 e. The van der Waals surface area contributed by atoms with Gasteiger partial charge >= 0.3 is 5.97 Å². The van der Waals surface area contributed by atoms with Crippen LogP contribution in [-0.2, 0) is 24.0 Å². The van der Waals surface area contributed by atoms with E-state index in [-0.39, 0.29) is 17.0 Å². The number of methoxy groups -OCH3 is 1. The number of thiocarbonyl (C=S) groups is 1. The van der Waals surface area contributed by atoms with E-state index in [1.807, 2.05) is 19.2 Å². The minimum atomic E-state index is -0.368. The molecule has 1 aliphatic carbocycles. The van der Waals surface area contributed by atoms with E-state index in [9.17, 15) is 9.59 Å². The predicted octanol–water partition coefficient (Wildman–Crippen LogP) is 4.22. The zero-order valence-corrected chi connectivity index (χ0v) is 19.4. The second-order valence-corrected chi connectivity index (χ2v) is 9.72. The van der Waals surface area contributed by atoms with Crippen LogP contribution in [0.4, 0.5) is 5.00 Å². The molecule has 0 saturated heterocycles. The summed E-state index contributed by atoms with van der Waals surface area (Å²) < 4.78 is 4.99. The van der Waals surface area contributed by atoms with E-state index in [1.165, 1.54) is 23.3 Å². The summed E-state index contributed by atoms with van der Waals surface area (Å²) in [4.78, 5) is 27.2. The van der Waals surface area contributed by atoms with Gasteiger partial charge in [-0.2, -0.15) is 0 Å². The van der Waals surface area contributed by atoms with Crippen LogP contribution in [0.2, 0.25) is 0 Å². The Morgan fingerprint density at radius 1 is 1.34 bits per heavy atom. The number of hydrogen-bond donors (Lipinski definition) is 3. The third-order valence-corrected chi connectivity index (χ3v) is 7.45. The molecule has 0 unspecified atom stereocenters. The maximum atomic E-state index is 12.5. The first-order valence-electron chi connectivity index (χ1n) is 9.52. The molecule has 0 aromatic carbocycles. The quantitative estimate of drug-likeness (QED) is 0.367. The SMILES string of the molecule is CCc1c(C(=O)NNC(=S)Nc2sc3c(c2C(=O)OC)CC[C@H](C)C3)csc1C. The number of ether oxygens (including phenoxy) is 1. The lowest BCUT2D eigenvalue weighted by Crippen LogP contribution is -2.44. The Balaban J connectivity index is 1.70. The van der Waals surface area contributed by atoms with Crippen molar-refractivity contribution in [3.05, 3.63) is 37.4 Å². The van der Waals surface area contributed by atoms with E-state index < -0.39 is 0 Å². The van der Waals surface area contributed by atoms with Crippen molar-refractivity contribution in [2.45, 2.75) is 46.5 Å². The van der Waals surface area contributed by atoms with Crippen molar-refractivity contribution >= 4 is 56.9 Å². The maximum Gasteiger partial charge on any atom is 0.341 e. The number of fused-ring (bicyclic) bond motifs is 1. The predicted molar refractivity (Wildman–Crippen MR) is 122 cm³/mol. The first-order chi connectivity index (χ1) is 13.8. The molecule has 2 aromatic rings. The van der Waals surface area contributed by atoms with Crippen molar-refractivity contribution in [1.29, 1.82) is 0 Å². The summed E-state index contributed by atoms with van der Waals surface area (Å²) >= 11 is 8.42. The summed E-state index contributed by atoms with van der Waals surface area (Å²) in [5.74, 6) is -0.0127. The summed E-state index contributed by atoms with van der Waals surface area (Å²) in [6, 6.07) is 0. The van der Waals surface area contributed by atoms with Gasteiger partial charge < -0.3 is 10.1 Å². The van der Waals surface area contributed by atoms with Crippen molar-refractivity contribution < 1.29 is 14.3 Å². The zero-order valence-electron chi connectivity index (χ0n) is 16.9. The van der Waals surface area contributed by atoms with Crippen LogP contribution in [0.5, 0.6) is 0 Å². The average molecular weight is 452 g/mol. The minimum absolute atomic E-state index is 0.222. The summed E-state index contributed by atoms with van der Waals surface area (Å²) in [5.41, 5.74) is 8.68. The molecule has 0 aliphatic heterocycles.